The van der Waals surface area contributed by atoms with Gasteiger partial charge in [0.1, 0.15) is 12.4 Å². The van der Waals surface area contributed by atoms with Crippen molar-refractivity contribution in [2.75, 3.05) is 33.9 Å². The Morgan fingerprint density at radius 2 is 2.12 bits per heavy atom. The van der Waals surface area contributed by atoms with Crippen molar-refractivity contribution in [3.63, 3.8) is 0 Å². The molecule has 1 aromatic carbocycles. The molecule has 0 spiro atoms. The summed E-state index contributed by atoms with van der Waals surface area (Å²) >= 11 is 0. The van der Waals surface area contributed by atoms with Gasteiger partial charge in [-0.1, -0.05) is 12.1 Å². The first-order valence-electron chi connectivity index (χ1n) is 8.75. The van der Waals surface area contributed by atoms with E-state index in [9.17, 15) is 0 Å². The zero-order valence-electron chi connectivity index (χ0n) is 16.1. The van der Waals surface area contributed by atoms with E-state index in [1.807, 2.05) is 30.2 Å². The van der Waals surface area contributed by atoms with Gasteiger partial charge in [-0.25, -0.2) is 0 Å². The lowest BCUT2D eigenvalue weighted by Crippen LogP contribution is -2.37. The Bertz CT molecular complexity index is 712. The van der Waals surface area contributed by atoms with E-state index in [4.69, 9.17) is 9.47 Å². The van der Waals surface area contributed by atoms with Crippen molar-refractivity contribution >= 4 is 5.96 Å². The first-order chi connectivity index (χ1) is 12.6. The number of ether oxygens (including phenoxy) is 2. The van der Waals surface area contributed by atoms with Gasteiger partial charge < -0.3 is 20.1 Å². The molecule has 26 heavy (non-hydrogen) atoms. The Morgan fingerprint density at radius 3 is 2.81 bits per heavy atom. The van der Waals surface area contributed by atoms with Gasteiger partial charge in [-0.2, -0.15) is 5.10 Å². The number of hydrogen-bond donors (Lipinski definition) is 2. The maximum atomic E-state index is 5.83. The lowest BCUT2D eigenvalue weighted by atomic mass is 10.1. The molecule has 0 bridgehead atoms. The summed E-state index contributed by atoms with van der Waals surface area (Å²) in [5.41, 5.74) is 3.45. The van der Waals surface area contributed by atoms with E-state index in [0.29, 0.717) is 19.8 Å². The number of nitrogens with zero attached hydrogens (tertiary/aromatic N) is 3. The molecule has 0 fully saturated rings. The molecule has 0 radical (unpaired) electrons. The van der Waals surface area contributed by atoms with E-state index < -0.39 is 0 Å². The summed E-state index contributed by atoms with van der Waals surface area (Å²) in [6, 6.07) is 6.21. The highest BCUT2D eigenvalue weighted by Crippen LogP contribution is 2.20. The van der Waals surface area contributed by atoms with Crippen LogP contribution in [0.15, 0.2) is 35.6 Å². The van der Waals surface area contributed by atoms with Crippen LogP contribution in [0.1, 0.15) is 16.7 Å². The molecule has 0 aliphatic carbocycles. The molecule has 2 rings (SSSR count). The zero-order valence-corrected chi connectivity index (χ0v) is 16.1. The monoisotopic (exact) mass is 359 g/mol. The normalized spacial score (nSPS) is 11.5. The summed E-state index contributed by atoms with van der Waals surface area (Å²) in [4.78, 5) is 4.27. The van der Waals surface area contributed by atoms with Crippen molar-refractivity contribution in [2.24, 2.45) is 12.0 Å². The van der Waals surface area contributed by atoms with Crippen LogP contribution in [0.5, 0.6) is 5.75 Å². The van der Waals surface area contributed by atoms with Gasteiger partial charge >= 0.3 is 0 Å². The number of benzene rings is 1. The third kappa shape index (κ3) is 6.40. The fourth-order valence-electron chi connectivity index (χ4n) is 2.50. The summed E-state index contributed by atoms with van der Waals surface area (Å²) < 4.78 is 12.7. The van der Waals surface area contributed by atoms with Crippen LogP contribution >= 0.6 is 0 Å². The lowest BCUT2D eigenvalue weighted by molar-refractivity contribution is 0.145. The molecule has 2 N–H and O–H groups in total. The molecule has 1 heterocycles. The van der Waals surface area contributed by atoms with Gasteiger partial charge in [0.2, 0.25) is 0 Å². The first-order valence-corrected chi connectivity index (χ1v) is 8.75. The highest BCUT2D eigenvalue weighted by Gasteiger charge is 2.06. The SMILES string of the molecule is CN=C(NCCc1cnn(C)c1)NCc1ccc(C)cc1OCCOC. The van der Waals surface area contributed by atoms with Crippen molar-refractivity contribution in [3.05, 3.63) is 47.3 Å². The third-order valence-electron chi connectivity index (χ3n) is 3.90. The van der Waals surface area contributed by atoms with Crippen LogP contribution < -0.4 is 15.4 Å². The van der Waals surface area contributed by atoms with E-state index >= 15 is 0 Å². The molecule has 1 aromatic heterocycles. The predicted octanol–water partition coefficient (Wildman–Crippen LogP) is 1.66. The average Bonchev–Trinajstić information content (AvgIpc) is 3.04. The van der Waals surface area contributed by atoms with Gasteiger partial charge in [0, 0.05) is 46.1 Å². The van der Waals surface area contributed by atoms with Gasteiger partial charge in [0.15, 0.2) is 5.96 Å². The number of aliphatic imine (C=N–C) groups is 1. The van der Waals surface area contributed by atoms with Crippen LogP contribution in [0.3, 0.4) is 0 Å². The van der Waals surface area contributed by atoms with Crippen molar-refractivity contribution < 1.29 is 9.47 Å². The largest absolute Gasteiger partial charge is 0.491 e. The Hall–Kier alpha value is -2.54. The second kappa shape index (κ2) is 10.5. The summed E-state index contributed by atoms with van der Waals surface area (Å²) in [6.45, 7) is 4.58. The molecule has 2 aromatic rings. The fraction of sp³-hybridized carbons (Fsp3) is 0.474. The average molecular weight is 359 g/mol. The van der Waals surface area contributed by atoms with E-state index in [1.165, 1.54) is 11.1 Å². The molecule has 0 aliphatic rings. The predicted molar refractivity (Wildman–Crippen MR) is 104 cm³/mol. The minimum Gasteiger partial charge on any atom is -0.491 e. The molecule has 0 atom stereocenters. The molecule has 0 unspecified atom stereocenters. The lowest BCUT2D eigenvalue weighted by Gasteiger charge is -2.15. The van der Waals surface area contributed by atoms with E-state index in [-0.39, 0.29) is 0 Å². The number of methoxy groups -OCH3 is 1. The second-order valence-corrected chi connectivity index (χ2v) is 6.08. The Labute approximate surface area is 155 Å². The highest BCUT2D eigenvalue weighted by atomic mass is 16.5. The summed E-state index contributed by atoms with van der Waals surface area (Å²) in [5, 5.41) is 10.8. The first kappa shape index (κ1) is 19.8. The van der Waals surface area contributed by atoms with Crippen molar-refractivity contribution in [1.29, 1.82) is 0 Å². The van der Waals surface area contributed by atoms with Gasteiger partial charge in [-0.3, -0.25) is 9.67 Å². The van der Waals surface area contributed by atoms with E-state index in [2.05, 4.69) is 39.8 Å². The van der Waals surface area contributed by atoms with Crippen LogP contribution in [0.2, 0.25) is 0 Å². The number of nitrogens with one attached hydrogen (secondary N) is 2. The molecule has 142 valence electrons. The van der Waals surface area contributed by atoms with Crippen molar-refractivity contribution in [2.45, 2.75) is 19.9 Å². The number of hydrogen-bond acceptors (Lipinski definition) is 4. The second-order valence-electron chi connectivity index (χ2n) is 6.08. The fourth-order valence-corrected chi connectivity index (χ4v) is 2.50. The number of rotatable bonds is 9. The van der Waals surface area contributed by atoms with Crippen molar-refractivity contribution in [3.8, 4) is 5.75 Å². The maximum Gasteiger partial charge on any atom is 0.191 e. The zero-order chi connectivity index (χ0) is 18.8. The molecule has 0 saturated heterocycles. The number of aromatic nitrogens is 2. The van der Waals surface area contributed by atoms with Crippen LogP contribution in [0.25, 0.3) is 0 Å². The molecule has 7 nitrogen and oxygen atoms in total. The standard InChI is InChI=1S/C19H29N5O2/c1-15-5-6-17(18(11-15)26-10-9-25-4)13-22-19(20-2)21-8-7-16-12-23-24(3)14-16/h5-6,11-12,14H,7-10,13H2,1-4H3,(H2,20,21,22). The number of aryl methyl sites for hydroxylation is 2. The van der Waals surface area contributed by atoms with Crippen LogP contribution in [-0.2, 0) is 24.8 Å². The summed E-state index contributed by atoms with van der Waals surface area (Å²) in [6.07, 6.45) is 4.80. The third-order valence-corrected chi connectivity index (χ3v) is 3.90. The Kier molecular flexibility index (Phi) is 7.95. The quantitative estimate of drug-likeness (QED) is 0.405. The van der Waals surface area contributed by atoms with E-state index in [0.717, 1.165) is 30.2 Å². The summed E-state index contributed by atoms with van der Waals surface area (Å²) in [5.74, 6) is 1.64. The molecule has 7 heteroatoms. The van der Waals surface area contributed by atoms with E-state index in [1.54, 1.807) is 14.2 Å². The van der Waals surface area contributed by atoms with Crippen LogP contribution in [-0.4, -0.2) is 49.7 Å². The highest BCUT2D eigenvalue weighted by molar-refractivity contribution is 5.79. The molecule has 0 aliphatic heterocycles. The van der Waals surface area contributed by atoms with Gasteiger partial charge in [-0.15, -0.1) is 0 Å². The van der Waals surface area contributed by atoms with Gasteiger partial charge in [-0.05, 0) is 30.5 Å². The molecular weight excluding hydrogens is 330 g/mol. The van der Waals surface area contributed by atoms with Gasteiger partial charge in [0.05, 0.1) is 12.8 Å². The minimum atomic E-state index is 0.533. The Morgan fingerprint density at radius 1 is 1.27 bits per heavy atom. The molecular formula is C19H29N5O2. The van der Waals surface area contributed by atoms with Crippen LogP contribution in [0, 0.1) is 6.92 Å². The minimum absolute atomic E-state index is 0.533. The smallest absolute Gasteiger partial charge is 0.191 e. The van der Waals surface area contributed by atoms with Gasteiger partial charge in [0.25, 0.3) is 0 Å². The maximum absolute atomic E-state index is 5.83. The number of guanidine groups is 1. The topological polar surface area (TPSA) is 72.7 Å². The van der Waals surface area contributed by atoms with Crippen LogP contribution in [0.4, 0.5) is 0 Å². The van der Waals surface area contributed by atoms with Crippen molar-refractivity contribution in [1.82, 2.24) is 20.4 Å². The summed E-state index contributed by atoms with van der Waals surface area (Å²) in [7, 11) is 5.36. The Balaban J connectivity index is 1.85. The molecule has 0 saturated carbocycles. The molecule has 0 amide bonds.